The van der Waals surface area contributed by atoms with Crippen LogP contribution in [-0.4, -0.2) is 40.9 Å². The molecule has 4 aliphatic rings. The van der Waals surface area contributed by atoms with Crippen LogP contribution in [0.4, 0.5) is 13.2 Å². The summed E-state index contributed by atoms with van der Waals surface area (Å²) < 4.78 is 52.9. The lowest BCUT2D eigenvalue weighted by atomic mass is 9.44. The van der Waals surface area contributed by atoms with Crippen LogP contribution in [0.3, 0.4) is 0 Å². The largest absolute Gasteiger partial charge is 0.461 e. The van der Waals surface area contributed by atoms with Gasteiger partial charge in [0.05, 0.1) is 6.10 Å². The van der Waals surface area contributed by atoms with Crippen molar-refractivity contribution in [2.24, 2.45) is 28.6 Å². The monoisotopic (exact) mass is 440 g/mol. The van der Waals surface area contributed by atoms with E-state index in [1.54, 1.807) is 6.92 Å². The summed E-state index contributed by atoms with van der Waals surface area (Å²) in [4.78, 5) is 24.0. The van der Waals surface area contributed by atoms with Crippen LogP contribution in [0.5, 0.6) is 0 Å². The van der Waals surface area contributed by atoms with E-state index in [0.29, 0.717) is 12.8 Å². The van der Waals surface area contributed by atoms with Crippen molar-refractivity contribution in [1.29, 1.82) is 0 Å². The number of fused-ring (bicyclic) bond motifs is 5. The number of allylic oxidation sites excluding steroid dienone is 4. The highest BCUT2D eigenvalue weighted by molar-refractivity contribution is 6.04. The molecule has 0 aromatic carbocycles. The third-order valence-corrected chi connectivity index (χ3v) is 8.89. The molecule has 31 heavy (non-hydrogen) atoms. The zero-order chi connectivity index (χ0) is 22.9. The highest BCUT2D eigenvalue weighted by Gasteiger charge is 2.74. The molecule has 0 radical (unpaired) electrons. The molecule has 0 aromatic heterocycles. The van der Waals surface area contributed by atoms with Crippen molar-refractivity contribution in [2.45, 2.75) is 83.8 Å². The molecule has 0 heterocycles. The highest BCUT2D eigenvalue weighted by atomic mass is 19.2. The molecule has 3 fully saturated rings. The van der Waals surface area contributed by atoms with E-state index in [1.807, 2.05) is 13.8 Å². The summed E-state index contributed by atoms with van der Waals surface area (Å²) in [6.45, 7) is 6.96. The van der Waals surface area contributed by atoms with Gasteiger partial charge in [-0.2, -0.15) is 0 Å². The first-order valence-corrected chi connectivity index (χ1v) is 11.3. The first kappa shape index (κ1) is 22.6. The van der Waals surface area contributed by atoms with E-state index in [1.165, 1.54) is 13.0 Å². The minimum Gasteiger partial charge on any atom is -0.461 e. The molecule has 4 aliphatic carbocycles. The lowest BCUT2D eigenvalue weighted by molar-refractivity contribution is -0.217. The Balaban J connectivity index is 1.84. The standard InChI is InChI=1S/C24H31F3O4/c1-5-18(30)31-21-12(3)9-13-14-10-15(25)19-20(26)16(28)7-8-22(19,4)24(14,27)17(29)11-23(13,21)6-2/h7-8,12-15,17,21,29H,5-6,9-11H2,1-4H3/t12-,13-,14-,15-,17-,21+,22-,23-,24-/m0/s1. The number of aliphatic hydroxyl groups excluding tert-OH is 1. The summed E-state index contributed by atoms with van der Waals surface area (Å²) in [7, 11) is 0. The molecule has 4 rings (SSSR count). The summed E-state index contributed by atoms with van der Waals surface area (Å²) >= 11 is 0. The maximum atomic E-state index is 17.0. The van der Waals surface area contributed by atoms with Gasteiger partial charge in [0.25, 0.3) is 0 Å². The average molecular weight is 441 g/mol. The molecule has 7 heteroatoms. The lowest BCUT2D eigenvalue weighted by Gasteiger charge is -2.62. The van der Waals surface area contributed by atoms with Crippen molar-refractivity contribution in [1.82, 2.24) is 0 Å². The SMILES string of the molecule is CCC(=O)O[C@@H]1[C@@H](C)C[C@H]2[C@@H]3C[C@H](F)C4=C(F)C(=O)C=C[C@]4(C)[C@@]3(F)[C@@H](O)C[C@]12CC. The van der Waals surface area contributed by atoms with E-state index >= 15 is 8.78 Å². The first-order chi connectivity index (χ1) is 14.5. The summed E-state index contributed by atoms with van der Waals surface area (Å²) in [5.41, 5.74) is -5.24. The number of aliphatic hydroxyl groups is 1. The summed E-state index contributed by atoms with van der Waals surface area (Å²) in [5, 5.41) is 11.2. The van der Waals surface area contributed by atoms with Gasteiger partial charge in [-0.25, -0.2) is 13.2 Å². The Labute approximate surface area is 180 Å². The molecular weight excluding hydrogens is 409 g/mol. The van der Waals surface area contributed by atoms with Crippen molar-refractivity contribution < 1.29 is 32.6 Å². The van der Waals surface area contributed by atoms with Gasteiger partial charge in [-0.05, 0) is 50.5 Å². The van der Waals surface area contributed by atoms with Crippen LogP contribution in [0.2, 0.25) is 0 Å². The molecule has 0 aliphatic heterocycles. The maximum absolute atomic E-state index is 17.0. The predicted octanol–water partition coefficient (Wildman–Crippen LogP) is 4.56. The number of rotatable bonds is 3. The minimum atomic E-state index is -2.33. The molecule has 9 atom stereocenters. The number of ether oxygens (including phenoxy) is 1. The van der Waals surface area contributed by atoms with Crippen LogP contribution in [0.1, 0.15) is 59.8 Å². The van der Waals surface area contributed by atoms with Gasteiger partial charge < -0.3 is 9.84 Å². The van der Waals surface area contributed by atoms with Crippen molar-refractivity contribution in [3.63, 3.8) is 0 Å². The number of carbonyl (C=O) groups excluding carboxylic acids is 2. The quantitative estimate of drug-likeness (QED) is 0.654. The minimum absolute atomic E-state index is 0.0381. The first-order valence-electron chi connectivity index (χ1n) is 11.3. The molecule has 0 bridgehead atoms. The maximum Gasteiger partial charge on any atom is 0.305 e. The van der Waals surface area contributed by atoms with Crippen molar-refractivity contribution >= 4 is 11.8 Å². The predicted molar refractivity (Wildman–Crippen MR) is 108 cm³/mol. The van der Waals surface area contributed by atoms with Gasteiger partial charge in [0, 0.05) is 28.7 Å². The summed E-state index contributed by atoms with van der Waals surface area (Å²) in [6, 6.07) is 0. The number of halogens is 3. The van der Waals surface area contributed by atoms with Gasteiger partial charge in [-0.1, -0.05) is 26.8 Å². The van der Waals surface area contributed by atoms with E-state index in [4.69, 9.17) is 4.74 Å². The molecule has 172 valence electrons. The number of hydrogen-bond donors (Lipinski definition) is 1. The number of ketones is 1. The van der Waals surface area contributed by atoms with Gasteiger partial charge in [-0.3, -0.25) is 9.59 Å². The average Bonchev–Trinajstić information content (AvgIpc) is 2.99. The molecule has 1 N–H and O–H groups in total. The van der Waals surface area contributed by atoms with E-state index in [2.05, 4.69) is 0 Å². The number of esters is 1. The Bertz CT molecular complexity index is 869. The van der Waals surface area contributed by atoms with Gasteiger partial charge in [0.15, 0.2) is 11.5 Å². The summed E-state index contributed by atoms with van der Waals surface area (Å²) in [5.74, 6) is -3.86. The van der Waals surface area contributed by atoms with Crippen LogP contribution in [-0.2, 0) is 14.3 Å². The Hall–Kier alpha value is -1.63. The summed E-state index contributed by atoms with van der Waals surface area (Å²) in [6.07, 6.45) is -0.607. The fourth-order valence-electron chi connectivity index (χ4n) is 7.45. The second-order valence-electron chi connectivity index (χ2n) is 10.1. The van der Waals surface area contributed by atoms with Gasteiger partial charge in [0.1, 0.15) is 12.3 Å². The van der Waals surface area contributed by atoms with Gasteiger partial charge >= 0.3 is 5.97 Å². The normalized spacial score (nSPS) is 48.8. The fourth-order valence-corrected chi connectivity index (χ4v) is 7.45. The van der Waals surface area contributed by atoms with E-state index in [0.717, 1.165) is 6.08 Å². The third kappa shape index (κ3) is 2.71. The topological polar surface area (TPSA) is 63.6 Å². The van der Waals surface area contributed by atoms with Crippen molar-refractivity contribution in [2.75, 3.05) is 0 Å². The molecule has 0 aromatic rings. The Morgan fingerprint density at radius 2 is 1.97 bits per heavy atom. The Kier molecular flexibility index (Phi) is 5.23. The molecule has 0 unspecified atom stereocenters. The molecule has 0 spiro atoms. The molecular formula is C24H31F3O4. The third-order valence-electron chi connectivity index (χ3n) is 8.89. The Morgan fingerprint density at radius 3 is 2.58 bits per heavy atom. The van der Waals surface area contributed by atoms with Crippen LogP contribution in [0.15, 0.2) is 23.6 Å². The second kappa shape index (κ2) is 7.19. The van der Waals surface area contributed by atoms with E-state index in [-0.39, 0.29) is 37.1 Å². The van der Waals surface area contributed by atoms with Crippen LogP contribution < -0.4 is 0 Å². The highest BCUT2D eigenvalue weighted by Crippen LogP contribution is 2.70. The van der Waals surface area contributed by atoms with Crippen LogP contribution >= 0.6 is 0 Å². The van der Waals surface area contributed by atoms with Crippen LogP contribution in [0.25, 0.3) is 0 Å². The molecule has 0 amide bonds. The fraction of sp³-hybridized carbons (Fsp3) is 0.750. The Morgan fingerprint density at radius 1 is 1.29 bits per heavy atom. The van der Waals surface area contributed by atoms with E-state index < -0.39 is 58.0 Å². The zero-order valence-electron chi connectivity index (χ0n) is 18.5. The lowest BCUT2D eigenvalue weighted by Crippen LogP contribution is -2.69. The number of alkyl halides is 2. The molecule has 0 saturated heterocycles. The van der Waals surface area contributed by atoms with Crippen molar-refractivity contribution in [3.8, 4) is 0 Å². The van der Waals surface area contributed by atoms with Gasteiger partial charge in [0.2, 0.25) is 5.78 Å². The number of hydrogen-bond acceptors (Lipinski definition) is 4. The molecule has 4 nitrogen and oxygen atoms in total. The second-order valence-corrected chi connectivity index (χ2v) is 10.1. The number of carbonyl (C=O) groups is 2. The van der Waals surface area contributed by atoms with Gasteiger partial charge in [-0.15, -0.1) is 0 Å². The van der Waals surface area contributed by atoms with Crippen molar-refractivity contribution in [3.05, 3.63) is 23.6 Å². The molecule has 3 saturated carbocycles. The zero-order valence-corrected chi connectivity index (χ0v) is 18.5. The van der Waals surface area contributed by atoms with E-state index in [9.17, 15) is 19.1 Å². The van der Waals surface area contributed by atoms with Crippen LogP contribution in [0, 0.1) is 28.6 Å². The smallest absolute Gasteiger partial charge is 0.305 e.